The zero-order valence-electron chi connectivity index (χ0n) is 8.70. The lowest BCUT2D eigenvalue weighted by Crippen LogP contribution is -2.29. The van der Waals surface area contributed by atoms with E-state index in [-0.39, 0.29) is 13.2 Å². The third-order valence-electron chi connectivity index (χ3n) is 1.80. The molecule has 92 valence electrons. The van der Waals surface area contributed by atoms with Gasteiger partial charge in [0.15, 0.2) is 0 Å². The third-order valence-corrected chi connectivity index (χ3v) is 1.80. The second-order valence-electron chi connectivity index (χ2n) is 3.00. The second-order valence-corrected chi connectivity index (χ2v) is 3.00. The molecule has 1 aromatic rings. The molecule has 0 atom stereocenters. The summed E-state index contributed by atoms with van der Waals surface area (Å²) in [5.41, 5.74) is 0. The number of amides is 1. The van der Waals surface area contributed by atoms with Gasteiger partial charge in [-0.2, -0.15) is 4.57 Å². The Labute approximate surface area is 95.2 Å². The number of carbonyl (C=O) groups excluding carboxylic acids is 2. The van der Waals surface area contributed by atoms with Crippen molar-refractivity contribution >= 4 is 17.8 Å². The van der Waals surface area contributed by atoms with Crippen molar-refractivity contribution in [3.8, 4) is 0 Å². The summed E-state index contributed by atoms with van der Waals surface area (Å²) in [5, 5.41) is 21.2. The maximum Gasteiger partial charge on any atom is 0.441 e. The van der Waals surface area contributed by atoms with E-state index in [0.29, 0.717) is 4.57 Å². The van der Waals surface area contributed by atoms with Gasteiger partial charge >= 0.3 is 5.95 Å². The standard InChI is InChI=1S/C8H10N4O5/c13-4-2-9-6(14)5-7(15)11-3-1-10-8(11)12(16)17/h1,3,13H,2,4-5H2,(H,9,14). The van der Waals surface area contributed by atoms with Crippen LogP contribution in [0.4, 0.5) is 5.95 Å². The van der Waals surface area contributed by atoms with Gasteiger partial charge in [0.1, 0.15) is 18.8 Å². The van der Waals surface area contributed by atoms with Gasteiger partial charge in [-0.3, -0.25) is 9.59 Å². The zero-order valence-corrected chi connectivity index (χ0v) is 8.70. The number of nitro groups is 1. The monoisotopic (exact) mass is 242 g/mol. The summed E-state index contributed by atoms with van der Waals surface area (Å²) in [6.45, 7) is -0.219. The summed E-state index contributed by atoms with van der Waals surface area (Å²) in [5.74, 6) is -2.01. The largest absolute Gasteiger partial charge is 0.441 e. The van der Waals surface area contributed by atoms with Crippen LogP contribution in [-0.4, -0.2) is 44.5 Å². The average Bonchev–Trinajstić information content (AvgIpc) is 2.75. The first-order valence-electron chi connectivity index (χ1n) is 4.64. The van der Waals surface area contributed by atoms with Crippen molar-refractivity contribution in [3.05, 3.63) is 22.5 Å². The van der Waals surface area contributed by atoms with Gasteiger partial charge in [0, 0.05) is 6.54 Å². The van der Waals surface area contributed by atoms with Crippen LogP contribution in [0.15, 0.2) is 12.4 Å². The van der Waals surface area contributed by atoms with Crippen LogP contribution in [0, 0.1) is 10.1 Å². The molecule has 9 nitrogen and oxygen atoms in total. The van der Waals surface area contributed by atoms with E-state index in [0.717, 1.165) is 12.4 Å². The number of hydrogen-bond donors (Lipinski definition) is 2. The van der Waals surface area contributed by atoms with Crippen molar-refractivity contribution in [1.82, 2.24) is 14.9 Å². The molecule has 1 heterocycles. The van der Waals surface area contributed by atoms with Crippen molar-refractivity contribution in [1.29, 1.82) is 0 Å². The quantitative estimate of drug-likeness (QED) is 0.384. The number of nitrogens with zero attached hydrogens (tertiary/aromatic N) is 3. The van der Waals surface area contributed by atoms with E-state index in [1.165, 1.54) is 0 Å². The van der Waals surface area contributed by atoms with E-state index in [1.54, 1.807) is 0 Å². The maximum absolute atomic E-state index is 11.5. The van der Waals surface area contributed by atoms with Crippen molar-refractivity contribution in [2.24, 2.45) is 0 Å². The lowest BCUT2D eigenvalue weighted by molar-refractivity contribution is -0.395. The topological polar surface area (TPSA) is 127 Å². The van der Waals surface area contributed by atoms with E-state index in [4.69, 9.17) is 5.11 Å². The number of nitrogens with one attached hydrogen (secondary N) is 1. The van der Waals surface area contributed by atoms with Crippen molar-refractivity contribution < 1.29 is 19.6 Å². The summed E-state index contributed by atoms with van der Waals surface area (Å²) in [7, 11) is 0. The molecular formula is C8H10N4O5. The van der Waals surface area contributed by atoms with Gasteiger partial charge in [0.25, 0.3) is 5.91 Å². The van der Waals surface area contributed by atoms with Crippen LogP contribution in [0.5, 0.6) is 0 Å². The Balaban J connectivity index is 2.67. The second kappa shape index (κ2) is 5.70. The van der Waals surface area contributed by atoms with Crippen LogP contribution in [0.3, 0.4) is 0 Å². The number of aliphatic hydroxyl groups excluding tert-OH is 1. The summed E-state index contributed by atoms with van der Waals surface area (Å²) in [6.07, 6.45) is 1.67. The number of aromatic nitrogens is 2. The highest BCUT2D eigenvalue weighted by molar-refractivity contribution is 5.98. The fourth-order valence-electron chi connectivity index (χ4n) is 1.11. The zero-order chi connectivity index (χ0) is 12.8. The van der Waals surface area contributed by atoms with E-state index < -0.39 is 29.1 Å². The van der Waals surface area contributed by atoms with E-state index in [9.17, 15) is 19.7 Å². The van der Waals surface area contributed by atoms with Crippen LogP contribution >= 0.6 is 0 Å². The molecule has 0 unspecified atom stereocenters. The molecule has 0 aliphatic rings. The van der Waals surface area contributed by atoms with Crippen molar-refractivity contribution in [2.45, 2.75) is 6.42 Å². The first-order chi connectivity index (χ1) is 8.06. The molecule has 0 aliphatic carbocycles. The van der Waals surface area contributed by atoms with Gasteiger partial charge in [-0.15, -0.1) is 0 Å². The molecule has 9 heteroatoms. The summed E-state index contributed by atoms with van der Waals surface area (Å²) >= 11 is 0. The Bertz CT molecular complexity index is 441. The van der Waals surface area contributed by atoms with E-state index in [2.05, 4.69) is 10.3 Å². The smallest absolute Gasteiger partial charge is 0.395 e. The minimum Gasteiger partial charge on any atom is -0.395 e. The van der Waals surface area contributed by atoms with Gasteiger partial charge in [-0.05, 0) is 4.92 Å². The average molecular weight is 242 g/mol. The lowest BCUT2D eigenvalue weighted by atomic mass is 10.3. The molecule has 0 aromatic carbocycles. The molecule has 0 spiro atoms. The highest BCUT2D eigenvalue weighted by atomic mass is 16.6. The number of aliphatic hydroxyl groups is 1. The van der Waals surface area contributed by atoms with Crippen LogP contribution in [-0.2, 0) is 4.79 Å². The van der Waals surface area contributed by atoms with Crippen molar-refractivity contribution in [2.75, 3.05) is 13.2 Å². The fourth-order valence-corrected chi connectivity index (χ4v) is 1.11. The minimum absolute atomic E-state index is 0.0259. The van der Waals surface area contributed by atoms with Gasteiger partial charge < -0.3 is 20.5 Å². The number of hydrogen-bond acceptors (Lipinski definition) is 6. The molecule has 2 N–H and O–H groups in total. The number of carbonyl (C=O) groups is 2. The van der Waals surface area contributed by atoms with Gasteiger partial charge in [0.2, 0.25) is 5.91 Å². The van der Waals surface area contributed by atoms with Crippen LogP contribution in [0.2, 0.25) is 0 Å². The molecule has 0 bridgehead atoms. The summed E-state index contributed by atoms with van der Waals surface area (Å²) in [4.78, 5) is 35.7. The lowest BCUT2D eigenvalue weighted by Gasteiger charge is -2.01. The van der Waals surface area contributed by atoms with Crippen LogP contribution in [0.1, 0.15) is 11.2 Å². The van der Waals surface area contributed by atoms with Crippen LogP contribution in [0.25, 0.3) is 0 Å². The fraction of sp³-hybridized carbons (Fsp3) is 0.375. The molecule has 1 amide bonds. The van der Waals surface area contributed by atoms with Gasteiger partial charge in [-0.1, -0.05) is 4.98 Å². The Morgan fingerprint density at radius 2 is 2.29 bits per heavy atom. The Morgan fingerprint density at radius 1 is 1.59 bits per heavy atom. The van der Waals surface area contributed by atoms with E-state index >= 15 is 0 Å². The third kappa shape index (κ3) is 3.34. The normalized spacial score (nSPS) is 9.94. The maximum atomic E-state index is 11.5. The molecule has 0 aliphatic heterocycles. The summed E-state index contributed by atoms with van der Waals surface area (Å²) < 4.78 is 0.693. The molecule has 0 fully saturated rings. The highest BCUT2D eigenvalue weighted by Crippen LogP contribution is 2.07. The number of imidazole rings is 1. The molecular weight excluding hydrogens is 232 g/mol. The molecule has 17 heavy (non-hydrogen) atoms. The summed E-state index contributed by atoms with van der Waals surface area (Å²) in [6, 6.07) is 0. The molecule has 0 radical (unpaired) electrons. The molecule has 1 aromatic heterocycles. The first-order valence-corrected chi connectivity index (χ1v) is 4.64. The predicted octanol–water partition coefficient (Wildman–Crippen LogP) is -1.07. The molecule has 0 saturated carbocycles. The highest BCUT2D eigenvalue weighted by Gasteiger charge is 2.22. The Morgan fingerprint density at radius 3 is 2.88 bits per heavy atom. The molecule has 0 saturated heterocycles. The number of rotatable bonds is 5. The molecule has 1 rings (SSSR count). The van der Waals surface area contributed by atoms with Gasteiger partial charge in [-0.25, -0.2) is 0 Å². The van der Waals surface area contributed by atoms with Crippen LogP contribution < -0.4 is 5.32 Å². The van der Waals surface area contributed by atoms with Gasteiger partial charge in [0.05, 0.1) is 6.61 Å². The first kappa shape index (κ1) is 12.8. The van der Waals surface area contributed by atoms with Crippen molar-refractivity contribution in [3.63, 3.8) is 0 Å². The minimum atomic E-state index is -0.816. The van der Waals surface area contributed by atoms with E-state index in [1.807, 2.05) is 0 Å². The predicted molar refractivity (Wildman–Crippen MR) is 54.2 cm³/mol. The Kier molecular flexibility index (Phi) is 4.29. The Hall–Kier alpha value is -2.29. The SMILES string of the molecule is O=C(CC(=O)n1ccnc1[N+](=O)[O-])NCCO.